The summed E-state index contributed by atoms with van der Waals surface area (Å²) in [6, 6.07) is 8.80. The van der Waals surface area contributed by atoms with Gasteiger partial charge in [-0.15, -0.1) is 0 Å². The van der Waals surface area contributed by atoms with Crippen LogP contribution in [0, 0.1) is 0 Å². The molecule has 7 nitrogen and oxygen atoms in total. The molecule has 0 spiro atoms. The maximum Gasteiger partial charge on any atom is 0.359 e. The molecule has 0 aliphatic carbocycles. The van der Waals surface area contributed by atoms with Crippen molar-refractivity contribution in [3.8, 4) is 5.69 Å². The fraction of sp³-hybridized carbons (Fsp3) is 0.154. The second-order valence-electron chi connectivity index (χ2n) is 3.94. The van der Waals surface area contributed by atoms with Gasteiger partial charge < -0.3 is 16.2 Å². The summed E-state index contributed by atoms with van der Waals surface area (Å²) in [6.07, 6.45) is 0. The lowest BCUT2D eigenvalue weighted by Crippen LogP contribution is -2.14. The van der Waals surface area contributed by atoms with Gasteiger partial charge in [-0.3, -0.25) is 4.79 Å². The van der Waals surface area contributed by atoms with Crippen molar-refractivity contribution >= 4 is 17.6 Å². The Balaban J connectivity index is 2.63. The van der Waals surface area contributed by atoms with E-state index in [0.29, 0.717) is 5.69 Å². The van der Waals surface area contributed by atoms with E-state index in [9.17, 15) is 9.59 Å². The normalized spacial score (nSPS) is 10.2. The highest BCUT2D eigenvalue weighted by Crippen LogP contribution is 2.21. The third-order valence-electron chi connectivity index (χ3n) is 2.62. The first-order valence-electron chi connectivity index (χ1n) is 5.97. The van der Waals surface area contributed by atoms with E-state index in [1.807, 2.05) is 6.07 Å². The van der Waals surface area contributed by atoms with Gasteiger partial charge in [-0.1, -0.05) is 18.2 Å². The maximum atomic E-state index is 12.0. The van der Waals surface area contributed by atoms with Crippen molar-refractivity contribution in [1.29, 1.82) is 0 Å². The number of aromatic nitrogens is 2. The van der Waals surface area contributed by atoms with Gasteiger partial charge in [0.05, 0.1) is 18.0 Å². The number of nitrogens with two attached hydrogens (primary N) is 2. The van der Waals surface area contributed by atoms with Gasteiger partial charge >= 0.3 is 5.97 Å². The molecule has 0 aliphatic heterocycles. The number of anilines is 1. The minimum atomic E-state index is -0.803. The van der Waals surface area contributed by atoms with E-state index in [4.69, 9.17) is 16.2 Å². The largest absolute Gasteiger partial charge is 0.461 e. The maximum absolute atomic E-state index is 12.0. The summed E-state index contributed by atoms with van der Waals surface area (Å²) < 4.78 is 6.19. The van der Waals surface area contributed by atoms with Crippen LogP contribution in [-0.4, -0.2) is 28.3 Å². The van der Waals surface area contributed by atoms with Crippen LogP contribution in [0.1, 0.15) is 27.9 Å². The van der Waals surface area contributed by atoms with Gasteiger partial charge in [-0.05, 0) is 19.1 Å². The number of carbonyl (C=O) groups excluding carboxylic acids is 2. The van der Waals surface area contributed by atoms with E-state index < -0.39 is 11.9 Å². The molecular formula is C13H14N4O3. The van der Waals surface area contributed by atoms with Crippen LogP contribution in [0.25, 0.3) is 5.69 Å². The molecule has 0 fully saturated rings. The minimum absolute atomic E-state index is 0.00755. The van der Waals surface area contributed by atoms with Gasteiger partial charge in [0.25, 0.3) is 5.91 Å². The zero-order chi connectivity index (χ0) is 14.7. The van der Waals surface area contributed by atoms with Crippen LogP contribution in [0.5, 0.6) is 0 Å². The van der Waals surface area contributed by atoms with Crippen molar-refractivity contribution in [2.75, 3.05) is 12.3 Å². The lowest BCUT2D eigenvalue weighted by Gasteiger charge is -2.07. The van der Waals surface area contributed by atoms with Gasteiger partial charge in [0.15, 0.2) is 11.4 Å². The molecule has 0 unspecified atom stereocenters. The van der Waals surface area contributed by atoms with Crippen LogP contribution < -0.4 is 11.5 Å². The van der Waals surface area contributed by atoms with E-state index in [1.165, 1.54) is 4.68 Å². The van der Waals surface area contributed by atoms with Crippen molar-refractivity contribution in [1.82, 2.24) is 9.78 Å². The topological polar surface area (TPSA) is 113 Å². The van der Waals surface area contributed by atoms with E-state index in [2.05, 4.69) is 5.10 Å². The number of esters is 1. The van der Waals surface area contributed by atoms with Crippen molar-refractivity contribution < 1.29 is 14.3 Å². The molecule has 1 amide bonds. The summed E-state index contributed by atoms with van der Waals surface area (Å²) in [5.74, 6) is -1.46. The standard InChI is InChI=1S/C13H14N4O3/c1-2-20-13(19)11-9(14)10(12(15)18)16-17(11)8-6-4-3-5-7-8/h3-7H,2,14H2,1H3,(H2,15,18). The summed E-state index contributed by atoms with van der Waals surface area (Å²) in [4.78, 5) is 23.3. The Labute approximate surface area is 115 Å². The second-order valence-corrected chi connectivity index (χ2v) is 3.94. The van der Waals surface area contributed by atoms with Crippen LogP contribution in [-0.2, 0) is 4.74 Å². The lowest BCUT2D eigenvalue weighted by atomic mass is 10.2. The number of para-hydroxylation sites is 1. The number of nitrogens with zero attached hydrogens (tertiary/aromatic N) is 2. The van der Waals surface area contributed by atoms with Gasteiger partial charge in [-0.2, -0.15) is 5.10 Å². The highest BCUT2D eigenvalue weighted by atomic mass is 16.5. The molecule has 0 saturated heterocycles. The van der Waals surface area contributed by atoms with Gasteiger partial charge in [0.2, 0.25) is 0 Å². The van der Waals surface area contributed by atoms with Crippen molar-refractivity contribution in [3.63, 3.8) is 0 Å². The number of hydrogen-bond donors (Lipinski definition) is 2. The first-order valence-corrected chi connectivity index (χ1v) is 5.97. The number of primary amides is 1. The smallest absolute Gasteiger partial charge is 0.359 e. The van der Waals surface area contributed by atoms with E-state index in [0.717, 1.165) is 0 Å². The Kier molecular flexibility index (Phi) is 3.69. The number of nitrogen functional groups attached to an aromatic ring is 1. The molecule has 0 aliphatic rings. The van der Waals surface area contributed by atoms with Crippen LogP contribution in [0.3, 0.4) is 0 Å². The Hall–Kier alpha value is -2.83. The minimum Gasteiger partial charge on any atom is -0.461 e. The van der Waals surface area contributed by atoms with Crippen LogP contribution in [0.4, 0.5) is 5.69 Å². The van der Waals surface area contributed by atoms with E-state index >= 15 is 0 Å². The molecule has 20 heavy (non-hydrogen) atoms. The van der Waals surface area contributed by atoms with Crippen molar-refractivity contribution in [2.45, 2.75) is 6.92 Å². The van der Waals surface area contributed by atoms with E-state index in [1.54, 1.807) is 31.2 Å². The zero-order valence-electron chi connectivity index (χ0n) is 10.9. The van der Waals surface area contributed by atoms with Crippen LogP contribution in [0.15, 0.2) is 30.3 Å². The lowest BCUT2D eigenvalue weighted by molar-refractivity contribution is 0.0517. The molecule has 2 rings (SSSR count). The van der Waals surface area contributed by atoms with E-state index in [-0.39, 0.29) is 23.7 Å². The number of carbonyl (C=O) groups is 2. The van der Waals surface area contributed by atoms with Crippen LogP contribution in [0.2, 0.25) is 0 Å². The Morgan fingerprint density at radius 3 is 2.50 bits per heavy atom. The number of amides is 1. The first-order chi connectivity index (χ1) is 9.56. The molecule has 4 N–H and O–H groups in total. The quantitative estimate of drug-likeness (QED) is 0.798. The molecule has 2 aromatic rings. The first kappa shape index (κ1) is 13.6. The molecule has 7 heteroatoms. The molecule has 1 aromatic heterocycles. The predicted octanol–water partition coefficient (Wildman–Crippen LogP) is 0.730. The molecule has 0 atom stereocenters. The van der Waals surface area contributed by atoms with Gasteiger partial charge in [-0.25, -0.2) is 9.48 Å². The molecule has 0 radical (unpaired) electrons. The monoisotopic (exact) mass is 274 g/mol. The molecule has 1 heterocycles. The summed E-state index contributed by atoms with van der Waals surface area (Å²) in [5.41, 5.74) is 11.3. The molecule has 104 valence electrons. The third kappa shape index (κ3) is 2.33. The summed E-state index contributed by atoms with van der Waals surface area (Å²) in [7, 11) is 0. The van der Waals surface area contributed by atoms with Crippen LogP contribution >= 0.6 is 0 Å². The molecule has 0 bridgehead atoms. The Bertz CT molecular complexity index is 649. The summed E-state index contributed by atoms with van der Waals surface area (Å²) >= 11 is 0. The van der Waals surface area contributed by atoms with Crippen molar-refractivity contribution in [3.05, 3.63) is 41.7 Å². The average Bonchev–Trinajstić information content (AvgIpc) is 2.78. The number of hydrogen-bond acceptors (Lipinski definition) is 5. The number of benzene rings is 1. The number of rotatable bonds is 4. The summed E-state index contributed by atoms with van der Waals surface area (Å²) in [5, 5.41) is 4.00. The Morgan fingerprint density at radius 1 is 1.30 bits per heavy atom. The molecule has 1 aromatic carbocycles. The van der Waals surface area contributed by atoms with Gasteiger partial charge in [0, 0.05) is 0 Å². The third-order valence-corrected chi connectivity index (χ3v) is 2.62. The molecular weight excluding hydrogens is 260 g/mol. The zero-order valence-corrected chi connectivity index (χ0v) is 10.9. The average molecular weight is 274 g/mol. The highest BCUT2D eigenvalue weighted by Gasteiger charge is 2.25. The van der Waals surface area contributed by atoms with Gasteiger partial charge in [0.1, 0.15) is 0 Å². The predicted molar refractivity (Wildman–Crippen MR) is 72.5 cm³/mol. The summed E-state index contributed by atoms with van der Waals surface area (Å²) in [6.45, 7) is 1.86. The van der Waals surface area contributed by atoms with Crippen molar-refractivity contribution in [2.24, 2.45) is 5.73 Å². The highest BCUT2D eigenvalue weighted by molar-refractivity contribution is 6.03. The fourth-order valence-electron chi connectivity index (χ4n) is 1.76. The fourth-order valence-corrected chi connectivity index (χ4v) is 1.76. The SMILES string of the molecule is CCOC(=O)c1c(N)c(C(N)=O)nn1-c1ccccc1. The second kappa shape index (κ2) is 5.43. The number of ether oxygens (including phenoxy) is 1. The molecule has 0 saturated carbocycles. The Morgan fingerprint density at radius 2 is 1.95 bits per heavy atom.